The summed E-state index contributed by atoms with van der Waals surface area (Å²) in [5.74, 6) is -1.30. The summed E-state index contributed by atoms with van der Waals surface area (Å²) in [7, 11) is 0. The van der Waals surface area contributed by atoms with E-state index in [-0.39, 0.29) is 18.1 Å². The van der Waals surface area contributed by atoms with Gasteiger partial charge in [-0.25, -0.2) is 0 Å². The van der Waals surface area contributed by atoms with Crippen molar-refractivity contribution in [2.24, 2.45) is 11.3 Å². The van der Waals surface area contributed by atoms with Crippen molar-refractivity contribution in [1.29, 1.82) is 0 Å². The van der Waals surface area contributed by atoms with E-state index in [1.54, 1.807) is 27.7 Å². The van der Waals surface area contributed by atoms with Gasteiger partial charge in [0, 0.05) is 11.3 Å². The maximum absolute atomic E-state index is 11.4. The van der Waals surface area contributed by atoms with E-state index in [2.05, 4.69) is 0 Å². The monoisotopic (exact) mass is 172 g/mol. The Bertz CT molecular complexity index is 188. The molecule has 0 aliphatic rings. The number of carbonyl (C=O) groups is 2. The number of ketones is 1. The maximum Gasteiger partial charge on any atom is 0.304 e. The van der Waals surface area contributed by atoms with Gasteiger partial charge in [0.25, 0.3) is 0 Å². The molecule has 0 aromatic carbocycles. The third kappa shape index (κ3) is 3.51. The van der Waals surface area contributed by atoms with Crippen molar-refractivity contribution in [1.82, 2.24) is 0 Å². The van der Waals surface area contributed by atoms with Gasteiger partial charge in [-0.2, -0.15) is 0 Å². The molecule has 0 saturated heterocycles. The maximum atomic E-state index is 11.4. The van der Waals surface area contributed by atoms with Gasteiger partial charge >= 0.3 is 5.97 Å². The molecule has 0 spiro atoms. The zero-order valence-electron chi connectivity index (χ0n) is 8.05. The molecule has 0 aromatic rings. The standard InChI is InChI=1S/C9H16O3/c1-6(5-7(10)11)8(12)9(2,3)4/h6H,5H2,1-4H3,(H,10,11). The Labute approximate surface area is 72.8 Å². The highest BCUT2D eigenvalue weighted by molar-refractivity contribution is 5.88. The number of Topliss-reactive ketones (excluding diaryl/α,β-unsaturated/α-hetero) is 1. The van der Waals surface area contributed by atoms with E-state index in [0.29, 0.717) is 0 Å². The zero-order valence-corrected chi connectivity index (χ0v) is 8.05. The van der Waals surface area contributed by atoms with Crippen LogP contribution in [-0.4, -0.2) is 16.9 Å². The molecule has 0 heterocycles. The van der Waals surface area contributed by atoms with Crippen LogP contribution in [0.2, 0.25) is 0 Å². The SMILES string of the molecule is CC(CC(=O)O)C(=O)C(C)(C)C. The fourth-order valence-electron chi connectivity index (χ4n) is 1.09. The van der Waals surface area contributed by atoms with Crippen LogP contribution in [0.1, 0.15) is 34.1 Å². The number of carboxylic acids is 1. The Morgan fingerprint density at radius 3 is 2.00 bits per heavy atom. The highest BCUT2D eigenvalue weighted by Gasteiger charge is 2.27. The lowest BCUT2D eigenvalue weighted by Crippen LogP contribution is -2.28. The van der Waals surface area contributed by atoms with Gasteiger partial charge in [-0.3, -0.25) is 9.59 Å². The van der Waals surface area contributed by atoms with Crippen LogP contribution in [0.15, 0.2) is 0 Å². The number of rotatable bonds is 3. The van der Waals surface area contributed by atoms with Gasteiger partial charge in [0.05, 0.1) is 6.42 Å². The summed E-state index contributed by atoms with van der Waals surface area (Å²) in [4.78, 5) is 21.7. The van der Waals surface area contributed by atoms with Crippen molar-refractivity contribution in [3.8, 4) is 0 Å². The Hall–Kier alpha value is -0.860. The first-order valence-electron chi connectivity index (χ1n) is 4.01. The van der Waals surface area contributed by atoms with Crippen LogP contribution in [0, 0.1) is 11.3 Å². The van der Waals surface area contributed by atoms with E-state index in [0.717, 1.165) is 0 Å². The van der Waals surface area contributed by atoms with Crippen LogP contribution in [-0.2, 0) is 9.59 Å². The summed E-state index contributed by atoms with van der Waals surface area (Å²) in [6.45, 7) is 7.05. The van der Waals surface area contributed by atoms with Gasteiger partial charge < -0.3 is 5.11 Å². The molecule has 3 nitrogen and oxygen atoms in total. The van der Waals surface area contributed by atoms with Crippen LogP contribution in [0.4, 0.5) is 0 Å². The third-order valence-corrected chi connectivity index (χ3v) is 1.67. The second-order valence-corrected chi connectivity index (χ2v) is 4.11. The summed E-state index contributed by atoms with van der Waals surface area (Å²) >= 11 is 0. The van der Waals surface area contributed by atoms with Crippen molar-refractivity contribution < 1.29 is 14.7 Å². The Morgan fingerprint density at radius 1 is 1.33 bits per heavy atom. The van der Waals surface area contributed by atoms with Gasteiger partial charge in [0.2, 0.25) is 0 Å². The average Bonchev–Trinajstić information content (AvgIpc) is 1.82. The predicted molar refractivity (Wildman–Crippen MR) is 45.9 cm³/mol. The van der Waals surface area contributed by atoms with Crippen LogP contribution in [0.5, 0.6) is 0 Å². The molecule has 3 heteroatoms. The van der Waals surface area contributed by atoms with Crippen LogP contribution >= 0.6 is 0 Å². The Morgan fingerprint density at radius 2 is 1.75 bits per heavy atom. The molecule has 70 valence electrons. The van der Waals surface area contributed by atoms with E-state index in [4.69, 9.17) is 5.11 Å². The highest BCUT2D eigenvalue weighted by atomic mass is 16.4. The number of carbonyl (C=O) groups excluding carboxylic acids is 1. The molecule has 0 aliphatic heterocycles. The average molecular weight is 172 g/mol. The molecule has 0 aromatic heterocycles. The summed E-state index contributed by atoms with van der Waals surface area (Å²) in [6, 6.07) is 0. The fraction of sp³-hybridized carbons (Fsp3) is 0.778. The lowest BCUT2D eigenvalue weighted by Gasteiger charge is -2.20. The van der Waals surface area contributed by atoms with Crippen molar-refractivity contribution in [2.75, 3.05) is 0 Å². The molecule has 1 N–H and O–H groups in total. The molecule has 0 aliphatic carbocycles. The first kappa shape index (κ1) is 11.1. The minimum Gasteiger partial charge on any atom is -0.481 e. The normalized spacial score (nSPS) is 14.0. The lowest BCUT2D eigenvalue weighted by molar-refractivity contribution is -0.142. The second-order valence-electron chi connectivity index (χ2n) is 4.11. The molecule has 0 bridgehead atoms. The lowest BCUT2D eigenvalue weighted by atomic mass is 9.82. The minimum atomic E-state index is -0.917. The topological polar surface area (TPSA) is 54.4 Å². The smallest absolute Gasteiger partial charge is 0.304 e. The number of hydrogen-bond donors (Lipinski definition) is 1. The van der Waals surface area contributed by atoms with Gasteiger partial charge in [-0.1, -0.05) is 27.7 Å². The van der Waals surface area contributed by atoms with Gasteiger partial charge in [-0.05, 0) is 0 Å². The van der Waals surface area contributed by atoms with Crippen LogP contribution in [0.25, 0.3) is 0 Å². The van der Waals surface area contributed by atoms with Crippen molar-refractivity contribution in [2.45, 2.75) is 34.1 Å². The first-order valence-corrected chi connectivity index (χ1v) is 4.01. The quantitative estimate of drug-likeness (QED) is 0.705. The van der Waals surface area contributed by atoms with Crippen molar-refractivity contribution >= 4 is 11.8 Å². The molecule has 0 radical (unpaired) electrons. The van der Waals surface area contributed by atoms with Crippen molar-refractivity contribution in [3.63, 3.8) is 0 Å². The minimum absolute atomic E-state index is 0.00454. The summed E-state index contributed by atoms with van der Waals surface area (Å²) in [5.41, 5.74) is -0.436. The third-order valence-electron chi connectivity index (χ3n) is 1.67. The number of carboxylic acid groups (broad SMARTS) is 1. The number of hydrogen-bond acceptors (Lipinski definition) is 2. The fourth-order valence-corrected chi connectivity index (χ4v) is 1.09. The molecular weight excluding hydrogens is 156 g/mol. The summed E-state index contributed by atoms with van der Waals surface area (Å²) in [5, 5.41) is 8.45. The highest BCUT2D eigenvalue weighted by Crippen LogP contribution is 2.21. The molecule has 0 rings (SSSR count). The molecule has 0 saturated carbocycles. The van der Waals surface area contributed by atoms with Gasteiger partial charge in [0.1, 0.15) is 5.78 Å². The number of aliphatic carboxylic acids is 1. The molecule has 1 atom stereocenters. The van der Waals surface area contributed by atoms with E-state index in [1.807, 2.05) is 0 Å². The van der Waals surface area contributed by atoms with Gasteiger partial charge in [-0.15, -0.1) is 0 Å². The second kappa shape index (κ2) is 3.70. The Balaban J connectivity index is 4.21. The molecule has 0 amide bonds. The van der Waals surface area contributed by atoms with Crippen LogP contribution in [0.3, 0.4) is 0 Å². The predicted octanol–water partition coefficient (Wildman–Crippen LogP) is 1.71. The summed E-state index contributed by atoms with van der Waals surface area (Å²) in [6.07, 6.45) is -0.0733. The molecule has 12 heavy (non-hydrogen) atoms. The Kier molecular flexibility index (Phi) is 3.43. The largest absolute Gasteiger partial charge is 0.481 e. The van der Waals surface area contributed by atoms with E-state index in [1.165, 1.54) is 0 Å². The van der Waals surface area contributed by atoms with Crippen molar-refractivity contribution in [3.05, 3.63) is 0 Å². The first-order chi connectivity index (χ1) is 5.25. The van der Waals surface area contributed by atoms with Gasteiger partial charge in [0.15, 0.2) is 0 Å². The molecule has 0 fully saturated rings. The molecule has 1 unspecified atom stereocenters. The van der Waals surface area contributed by atoms with Crippen LogP contribution < -0.4 is 0 Å². The van der Waals surface area contributed by atoms with E-state index < -0.39 is 11.4 Å². The van der Waals surface area contributed by atoms with E-state index >= 15 is 0 Å². The molecular formula is C9H16O3. The zero-order chi connectivity index (χ0) is 9.94. The van der Waals surface area contributed by atoms with E-state index in [9.17, 15) is 9.59 Å². The summed E-state index contributed by atoms with van der Waals surface area (Å²) < 4.78 is 0.